The zero-order valence-corrected chi connectivity index (χ0v) is 12.3. The fourth-order valence-corrected chi connectivity index (χ4v) is 3.41. The molecule has 84 valence electrons. The van der Waals surface area contributed by atoms with Gasteiger partial charge in [-0.25, -0.2) is 0 Å². The predicted octanol–water partition coefficient (Wildman–Crippen LogP) is 5.43. The highest BCUT2D eigenvalue weighted by Gasteiger charge is 2.22. The Morgan fingerprint density at radius 2 is 1.88 bits per heavy atom. The molecule has 1 aliphatic rings. The van der Waals surface area contributed by atoms with E-state index in [0.717, 1.165) is 15.4 Å². The molecule has 0 saturated carbocycles. The fraction of sp³-hybridized carbons (Fsp3) is 0.0667. The van der Waals surface area contributed by atoms with Crippen LogP contribution in [0.15, 0.2) is 45.9 Å². The molecule has 0 nitrogen and oxygen atoms in total. The van der Waals surface area contributed by atoms with Crippen molar-refractivity contribution in [1.29, 1.82) is 0 Å². The van der Waals surface area contributed by atoms with Crippen LogP contribution in [0.3, 0.4) is 0 Å². The van der Waals surface area contributed by atoms with Crippen molar-refractivity contribution < 1.29 is 0 Å². The SMILES string of the molecule is C=Cc1c(Br)c(Br)cc2c1Cc1ccccc1-2. The lowest BCUT2D eigenvalue weighted by molar-refractivity contribution is 1.24. The average molecular weight is 350 g/mol. The molecule has 0 atom stereocenters. The van der Waals surface area contributed by atoms with Crippen LogP contribution < -0.4 is 0 Å². The van der Waals surface area contributed by atoms with E-state index in [1.54, 1.807) is 0 Å². The first kappa shape index (κ1) is 11.2. The Kier molecular flexibility index (Phi) is 2.72. The van der Waals surface area contributed by atoms with Crippen LogP contribution in [-0.2, 0) is 6.42 Å². The van der Waals surface area contributed by atoms with Crippen LogP contribution in [0.25, 0.3) is 17.2 Å². The van der Waals surface area contributed by atoms with Gasteiger partial charge in [0.25, 0.3) is 0 Å². The molecule has 1 aliphatic carbocycles. The molecule has 2 heteroatoms. The molecule has 0 aromatic heterocycles. The zero-order valence-electron chi connectivity index (χ0n) is 9.13. The summed E-state index contributed by atoms with van der Waals surface area (Å²) in [6.45, 7) is 3.92. The Hall–Kier alpha value is -0.860. The van der Waals surface area contributed by atoms with Crippen LogP contribution in [-0.4, -0.2) is 0 Å². The van der Waals surface area contributed by atoms with Gasteiger partial charge in [-0.2, -0.15) is 0 Å². The largest absolute Gasteiger partial charge is 0.0984 e. The van der Waals surface area contributed by atoms with E-state index in [2.05, 4.69) is 68.8 Å². The minimum atomic E-state index is 0.999. The normalized spacial score (nSPS) is 12.1. The van der Waals surface area contributed by atoms with Crippen molar-refractivity contribution in [2.75, 3.05) is 0 Å². The van der Waals surface area contributed by atoms with E-state index in [1.807, 2.05) is 6.08 Å². The predicted molar refractivity (Wildman–Crippen MR) is 80.2 cm³/mol. The molecule has 0 aliphatic heterocycles. The molecular formula is C15H10Br2. The van der Waals surface area contributed by atoms with Crippen LogP contribution in [0, 0.1) is 0 Å². The average Bonchev–Trinajstić information content (AvgIpc) is 2.69. The van der Waals surface area contributed by atoms with Crippen LogP contribution in [0.4, 0.5) is 0 Å². The third-order valence-corrected chi connectivity index (χ3v) is 5.26. The third kappa shape index (κ3) is 1.62. The van der Waals surface area contributed by atoms with Gasteiger partial charge in [0.05, 0.1) is 0 Å². The van der Waals surface area contributed by atoms with Crippen LogP contribution in [0.1, 0.15) is 16.7 Å². The molecule has 0 heterocycles. The number of hydrogen-bond acceptors (Lipinski definition) is 0. The molecule has 0 fully saturated rings. The summed E-state index contributed by atoms with van der Waals surface area (Å²) >= 11 is 7.22. The summed E-state index contributed by atoms with van der Waals surface area (Å²) in [4.78, 5) is 0. The topological polar surface area (TPSA) is 0 Å². The quantitative estimate of drug-likeness (QED) is 0.549. The second-order valence-corrected chi connectivity index (χ2v) is 5.80. The van der Waals surface area contributed by atoms with Gasteiger partial charge in [-0.05, 0) is 72.2 Å². The highest BCUT2D eigenvalue weighted by atomic mass is 79.9. The van der Waals surface area contributed by atoms with Crippen molar-refractivity contribution >= 4 is 37.9 Å². The third-order valence-electron chi connectivity index (χ3n) is 3.25. The van der Waals surface area contributed by atoms with Crippen molar-refractivity contribution in [1.82, 2.24) is 0 Å². The van der Waals surface area contributed by atoms with Crippen molar-refractivity contribution in [3.8, 4) is 11.1 Å². The standard InChI is InChI=1S/C15H10Br2/c1-2-10-12-7-9-5-3-4-6-11(9)13(12)8-14(16)15(10)17/h2-6,8H,1,7H2. The molecule has 0 spiro atoms. The van der Waals surface area contributed by atoms with Gasteiger partial charge in [0.2, 0.25) is 0 Å². The summed E-state index contributed by atoms with van der Waals surface area (Å²) in [5.74, 6) is 0. The zero-order chi connectivity index (χ0) is 12.0. The van der Waals surface area contributed by atoms with E-state index < -0.39 is 0 Å². The summed E-state index contributed by atoms with van der Waals surface area (Å²) < 4.78 is 2.18. The number of benzene rings is 2. The maximum Gasteiger partial charge on any atom is 0.0392 e. The fourth-order valence-electron chi connectivity index (χ4n) is 2.45. The van der Waals surface area contributed by atoms with Gasteiger partial charge in [-0.1, -0.05) is 36.9 Å². The highest BCUT2D eigenvalue weighted by molar-refractivity contribution is 9.13. The van der Waals surface area contributed by atoms with E-state index in [0.29, 0.717) is 0 Å². The second-order valence-electron chi connectivity index (χ2n) is 4.15. The molecule has 0 unspecified atom stereocenters. The first-order valence-electron chi connectivity index (χ1n) is 5.44. The van der Waals surface area contributed by atoms with Gasteiger partial charge in [0.15, 0.2) is 0 Å². The summed E-state index contributed by atoms with van der Waals surface area (Å²) in [6.07, 6.45) is 2.93. The van der Waals surface area contributed by atoms with Crippen molar-refractivity contribution in [3.63, 3.8) is 0 Å². The first-order valence-corrected chi connectivity index (χ1v) is 7.02. The molecule has 0 amide bonds. The lowest BCUT2D eigenvalue weighted by Gasteiger charge is -2.09. The molecule has 2 aromatic rings. The van der Waals surface area contributed by atoms with Crippen molar-refractivity contribution in [3.05, 3.63) is 62.5 Å². The van der Waals surface area contributed by atoms with Gasteiger partial charge in [-0.3, -0.25) is 0 Å². The molecule has 0 bridgehead atoms. The lowest BCUT2D eigenvalue weighted by Crippen LogP contribution is -1.89. The molecule has 2 aromatic carbocycles. The monoisotopic (exact) mass is 348 g/mol. The van der Waals surface area contributed by atoms with E-state index in [9.17, 15) is 0 Å². The second kappa shape index (κ2) is 4.11. The molecule has 3 rings (SSSR count). The van der Waals surface area contributed by atoms with Crippen molar-refractivity contribution in [2.24, 2.45) is 0 Å². The summed E-state index contributed by atoms with van der Waals surface area (Å²) in [7, 11) is 0. The van der Waals surface area contributed by atoms with Gasteiger partial charge in [-0.15, -0.1) is 0 Å². The minimum absolute atomic E-state index is 0.999. The molecule has 17 heavy (non-hydrogen) atoms. The maximum atomic E-state index is 3.92. The van der Waals surface area contributed by atoms with Gasteiger partial charge in [0, 0.05) is 8.95 Å². The number of rotatable bonds is 1. The molecule has 0 radical (unpaired) electrons. The van der Waals surface area contributed by atoms with E-state index in [4.69, 9.17) is 0 Å². The molecule has 0 N–H and O–H groups in total. The molecular weight excluding hydrogens is 340 g/mol. The van der Waals surface area contributed by atoms with Crippen LogP contribution in [0.5, 0.6) is 0 Å². The van der Waals surface area contributed by atoms with Crippen LogP contribution in [0.2, 0.25) is 0 Å². The van der Waals surface area contributed by atoms with E-state index >= 15 is 0 Å². The Balaban J connectivity index is 2.36. The lowest BCUT2D eigenvalue weighted by atomic mass is 10.0. The minimum Gasteiger partial charge on any atom is -0.0984 e. The Morgan fingerprint density at radius 1 is 1.12 bits per heavy atom. The Bertz CT molecular complexity index is 627. The van der Waals surface area contributed by atoms with Crippen molar-refractivity contribution in [2.45, 2.75) is 6.42 Å². The van der Waals surface area contributed by atoms with Gasteiger partial charge < -0.3 is 0 Å². The maximum absolute atomic E-state index is 3.92. The number of hydrogen-bond donors (Lipinski definition) is 0. The van der Waals surface area contributed by atoms with Crippen LogP contribution >= 0.6 is 31.9 Å². The van der Waals surface area contributed by atoms with E-state index in [1.165, 1.54) is 27.8 Å². The van der Waals surface area contributed by atoms with Gasteiger partial charge >= 0.3 is 0 Å². The number of fused-ring (bicyclic) bond motifs is 3. The van der Waals surface area contributed by atoms with Gasteiger partial charge in [0.1, 0.15) is 0 Å². The summed E-state index contributed by atoms with van der Waals surface area (Å²) in [5, 5.41) is 0. The number of halogens is 2. The first-order chi connectivity index (χ1) is 8.22. The Morgan fingerprint density at radius 3 is 2.65 bits per heavy atom. The smallest absolute Gasteiger partial charge is 0.0392 e. The Labute approximate surface area is 118 Å². The molecule has 0 saturated heterocycles. The highest BCUT2D eigenvalue weighted by Crippen LogP contribution is 2.43. The summed E-state index contributed by atoms with van der Waals surface area (Å²) in [6, 6.07) is 10.8. The van der Waals surface area contributed by atoms with E-state index in [-0.39, 0.29) is 0 Å². The summed E-state index contributed by atoms with van der Waals surface area (Å²) in [5.41, 5.74) is 6.64.